The van der Waals surface area contributed by atoms with Crippen molar-refractivity contribution in [3.63, 3.8) is 0 Å². The van der Waals surface area contributed by atoms with Gasteiger partial charge < -0.3 is 16.0 Å². The fourth-order valence-corrected chi connectivity index (χ4v) is 4.07. The summed E-state index contributed by atoms with van der Waals surface area (Å²) in [5.74, 6) is 0.0850. The minimum absolute atomic E-state index is 0. The third-order valence-electron chi connectivity index (χ3n) is 5.68. The predicted molar refractivity (Wildman–Crippen MR) is 106 cm³/mol. The molecule has 1 heterocycles. The molecule has 144 valence electrons. The monoisotopic (exact) mass is 379 g/mol. The van der Waals surface area contributed by atoms with Gasteiger partial charge in [-0.15, -0.1) is 12.4 Å². The van der Waals surface area contributed by atoms with E-state index in [9.17, 15) is 9.59 Å². The first-order valence-electron chi connectivity index (χ1n) is 9.38. The van der Waals surface area contributed by atoms with E-state index in [1.165, 1.54) is 0 Å². The Morgan fingerprint density at radius 1 is 1.35 bits per heavy atom. The SMILES string of the molecule is CC(NC(=O)C1CCCCC1(C)N)c1cccc(N2CCCC2=O)c1.Cl. The molecule has 1 aromatic carbocycles. The Balaban J connectivity index is 0.00000243. The van der Waals surface area contributed by atoms with E-state index in [1.807, 2.05) is 43.0 Å². The van der Waals surface area contributed by atoms with Gasteiger partial charge in [-0.1, -0.05) is 25.0 Å². The highest BCUT2D eigenvalue weighted by Gasteiger charge is 2.38. The highest BCUT2D eigenvalue weighted by atomic mass is 35.5. The van der Waals surface area contributed by atoms with Gasteiger partial charge in [0.2, 0.25) is 11.8 Å². The van der Waals surface area contributed by atoms with Crippen LogP contribution < -0.4 is 16.0 Å². The van der Waals surface area contributed by atoms with E-state index in [1.54, 1.807) is 0 Å². The number of hydrogen-bond acceptors (Lipinski definition) is 3. The summed E-state index contributed by atoms with van der Waals surface area (Å²) in [5.41, 5.74) is 7.86. The molecule has 3 rings (SSSR count). The van der Waals surface area contributed by atoms with Crippen molar-refractivity contribution in [3.05, 3.63) is 29.8 Å². The Morgan fingerprint density at radius 2 is 2.12 bits per heavy atom. The van der Waals surface area contributed by atoms with Crippen LogP contribution in [-0.4, -0.2) is 23.9 Å². The quantitative estimate of drug-likeness (QED) is 0.842. The lowest BCUT2D eigenvalue weighted by Gasteiger charge is -2.37. The van der Waals surface area contributed by atoms with Crippen LogP contribution in [0.3, 0.4) is 0 Å². The maximum absolute atomic E-state index is 12.7. The van der Waals surface area contributed by atoms with Gasteiger partial charge in [0.1, 0.15) is 0 Å². The first kappa shape index (κ1) is 20.7. The molecule has 3 N–H and O–H groups in total. The zero-order valence-corrected chi connectivity index (χ0v) is 16.5. The number of nitrogens with one attached hydrogen (secondary N) is 1. The minimum Gasteiger partial charge on any atom is -0.349 e. The molecule has 2 amide bonds. The average molecular weight is 380 g/mol. The largest absolute Gasteiger partial charge is 0.349 e. The van der Waals surface area contributed by atoms with Crippen LogP contribution in [0.15, 0.2) is 24.3 Å². The van der Waals surface area contributed by atoms with Crippen LogP contribution in [0, 0.1) is 5.92 Å². The van der Waals surface area contributed by atoms with Gasteiger partial charge in [-0.25, -0.2) is 0 Å². The lowest BCUT2D eigenvalue weighted by molar-refractivity contribution is -0.128. The Hall–Kier alpha value is -1.59. The van der Waals surface area contributed by atoms with Crippen LogP contribution in [0.25, 0.3) is 0 Å². The van der Waals surface area contributed by atoms with E-state index in [0.29, 0.717) is 6.42 Å². The summed E-state index contributed by atoms with van der Waals surface area (Å²) in [4.78, 5) is 26.5. The standard InChI is InChI=1S/C20H29N3O2.ClH/c1-14(22-19(25)17-9-3-4-11-20(17,2)21)15-7-5-8-16(13-15)23-12-6-10-18(23)24;/h5,7-8,13-14,17H,3-4,6,9-12,21H2,1-2H3,(H,22,25);1H. The lowest BCUT2D eigenvalue weighted by Crippen LogP contribution is -2.53. The summed E-state index contributed by atoms with van der Waals surface area (Å²) in [7, 11) is 0. The van der Waals surface area contributed by atoms with E-state index >= 15 is 0 Å². The summed E-state index contributed by atoms with van der Waals surface area (Å²) >= 11 is 0. The third-order valence-corrected chi connectivity index (χ3v) is 5.68. The predicted octanol–water partition coefficient (Wildman–Crippen LogP) is 3.32. The molecular formula is C20H30ClN3O2. The number of carbonyl (C=O) groups is 2. The van der Waals surface area contributed by atoms with Crippen LogP contribution >= 0.6 is 12.4 Å². The molecule has 0 aromatic heterocycles. The van der Waals surface area contributed by atoms with Gasteiger partial charge in [0.25, 0.3) is 0 Å². The van der Waals surface area contributed by atoms with E-state index in [-0.39, 0.29) is 36.2 Å². The van der Waals surface area contributed by atoms with Gasteiger partial charge in [-0.2, -0.15) is 0 Å². The number of rotatable bonds is 4. The summed E-state index contributed by atoms with van der Waals surface area (Å²) < 4.78 is 0. The fraction of sp³-hybridized carbons (Fsp3) is 0.600. The second kappa shape index (κ2) is 8.40. The summed E-state index contributed by atoms with van der Waals surface area (Å²) in [6.07, 6.45) is 5.43. The third kappa shape index (κ3) is 4.38. The van der Waals surface area contributed by atoms with Gasteiger partial charge in [-0.3, -0.25) is 9.59 Å². The highest BCUT2D eigenvalue weighted by molar-refractivity contribution is 5.95. The second-order valence-electron chi connectivity index (χ2n) is 7.78. The fourth-order valence-electron chi connectivity index (χ4n) is 4.07. The van der Waals surface area contributed by atoms with Crippen molar-refractivity contribution in [1.82, 2.24) is 5.32 Å². The molecule has 0 bridgehead atoms. The van der Waals surface area contributed by atoms with Crippen molar-refractivity contribution in [3.8, 4) is 0 Å². The van der Waals surface area contributed by atoms with E-state index in [2.05, 4.69) is 5.32 Å². The Morgan fingerprint density at radius 3 is 2.77 bits per heavy atom. The van der Waals surface area contributed by atoms with Gasteiger partial charge in [0.05, 0.1) is 12.0 Å². The number of anilines is 1. The summed E-state index contributed by atoms with van der Waals surface area (Å²) in [6.45, 7) is 4.75. The van der Waals surface area contributed by atoms with Crippen LogP contribution in [0.1, 0.15) is 64.0 Å². The van der Waals surface area contributed by atoms with Gasteiger partial charge in [0, 0.05) is 24.2 Å². The van der Waals surface area contributed by atoms with Crippen molar-refractivity contribution in [2.45, 2.75) is 64.0 Å². The van der Waals surface area contributed by atoms with Crippen LogP contribution in [-0.2, 0) is 9.59 Å². The molecule has 1 aliphatic heterocycles. The second-order valence-corrected chi connectivity index (χ2v) is 7.78. The molecule has 0 radical (unpaired) electrons. The van der Waals surface area contributed by atoms with Gasteiger partial charge >= 0.3 is 0 Å². The number of nitrogens with two attached hydrogens (primary N) is 1. The maximum Gasteiger partial charge on any atom is 0.227 e. The normalized spacial score (nSPS) is 27.0. The number of amides is 2. The van der Waals surface area contributed by atoms with Crippen molar-refractivity contribution in [2.75, 3.05) is 11.4 Å². The molecule has 6 heteroatoms. The van der Waals surface area contributed by atoms with Gasteiger partial charge in [0.15, 0.2) is 0 Å². The molecule has 3 unspecified atom stereocenters. The van der Waals surface area contributed by atoms with Crippen molar-refractivity contribution in [1.29, 1.82) is 0 Å². The average Bonchev–Trinajstić information content (AvgIpc) is 3.00. The molecule has 1 aliphatic carbocycles. The van der Waals surface area contributed by atoms with Gasteiger partial charge in [-0.05, 0) is 50.8 Å². The Bertz CT molecular complexity index is 662. The number of hydrogen-bond donors (Lipinski definition) is 2. The maximum atomic E-state index is 12.7. The topological polar surface area (TPSA) is 75.4 Å². The van der Waals surface area contributed by atoms with Crippen molar-refractivity contribution in [2.24, 2.45) is 11.7 Å². The molecule has 26 heavy (non-hydrogen) atoms. The Labute approximate surface area is 162 Å². The van der Waals surface area contributed by atoms with Crippen LogP contribution in [0.5, 0.6) is 0 Å². The number of carbonyl (C=O) groups excluding carboxylic acids is 2. The number of nitrogens with zero attached hydrogens (tertiary/aromatic N) is 1. The zero-order valence-electron chi connectivity index (χ0n) is 15.7. The van der Waals surface area contributed by atoms with Crippen LogP contribution in [0.4, 0.5) is 5.69 Å². The lowest BCUT2D eigenvalue weighted by atomic mass is 9.74. The van der Waals surface area contributed by atoms with E-state index < -0.39 is 5.54 Å². The smallest absolute Gasteiger partial charge is 0.227 e. The zero-order chi connectivity index (χ0) is 18.0. The number of halogens is 1. The molecule has 0 spiro atoms. The van der Waals surface area contributed by atoms with E-state index in [4.69, 9.17) is 5.73 Å². The molecule has 2 fully saturated rings. The first-order valence-corrected chi connectivity index (χ1v) is 9.38. The van der Waals surface area contributed by atoms with Crippen molar-refractivity contribution >= 4 is 29.9 Å². The van der Waals surface area contributed by atoms with Crippen molar-refractivity contribution < 1.29 is 9.59 Å². The molecule has 2 aliphatic rings. The van der Waals surface area contributed by atoms with Crippen LogP contribution in [0.2, 0.25) is 0 Å². The summed E-state index contributed by atoms with van der Waals surface area (Å²) in [5, 5.41) is 3.13. The molecule has 5 nitrogen and oxygen atoms in total. The molecule has 3 atom stereocenters. The Kier molecular flexibility index (Phi) is 6.69. The summed E-state index contributed by atoms with van der Waals surface area (Å²) in [6, 6.07) is 7.81. The number of benzene rings is 1. The molecule has 1 saturated carbocycles. The highest BCUT2D eigenvalue weighted by Crippen LogP contribution is 2.32. The molecule has 1 saturated heterocycles. The molecular weight excluding hydrogens is 350 g/mol. The minimum atomic E-state index is -0.425. The van der Waals surface area contributed by atoms with E-state index in [0.717, 1.165) is 49.9 Å². The first-order chi connectivity index (χ1) is 11.9. The molecule has 1 aromatic rings.